The lowest BCUT2D eigenvalue weighted by atomic mass is 10.2. The van der Waals surface area contributed by atoms with Gasteiger partial charge in [-0.2, -0.15) is 5.26 Å². The van der Waals surface area contributed by atoms with Crippen molar-refractivity contribution in [3.63, 3.8) is 0 Å². The molecule has 2 rings (SSSR count). The number of hydrogen-bond donors (Lipinski definition) is 1. The van der Waals surface area contributed by atoms with Crippen LogP contribution in [0.3, 0.4) is 0 Å². The van der Waals surface area contributed by atoms with Crippen LogP contribution >= 0.6 is 24.0 Å². The quantitative estimate of drug-likeness (QED) is 0.521. The Morgan fingerprint density at radius 2 is 2.56 bits per heavy atom. The second-order valence-corrected chi connectivity index (χ2v) is 5.16. The molecule has 1 aliphatic rings. The molecule has 0 aliphatic carbocycles. The van der Waals surface area contributed by atoms with Crippen molar-refractivity contribution in [2.24, 2.45) is 0 Å². The third-order valence-corrected chi connectivity index (χ3v) is 3.94. The van der Waals surface area contributed by atoms with Gasteiger partial charge in [0.25, 0.3) is 0 Å². The lowest BCUT2D eigenvalue weighted by Gasteiger charge is -2.11. The van der Waals surface area contributed by atoms with Crippen molar-refractivity contribution in [3.05, 3.63) is 16.2 Å². The van der Waals surface area contributed by atoms with Gasteiger partial charge in [-0.05, 0) is 43.7 Å². The number of carbonyl (C=O) groups excluding carboxylic acids is 1. The maximum atomic E-state index is 11.9. The molecule has 1 unspecified atom stereocenters. The average molecular weight is 283 g/mol. The summed E-state index contributed by atoms with van der Waals surface area (Å²) < 4.78 is 7.62. The number of thiocyanates is 1. The number of imidazole rings is 1. The van der Waals surface area contributed by atoms with Gasteiger partial charge in [-0.3, -0.25) is 4.79 Å². The minimum absolute atomic E-state index is 0.304. The summed E-state index contributed by atoms with van der Waals surface area (Å²) in [6.45, 7) is 2.92. The number of carbonyl (C=O) groups is 1. The van der Waals surface area contributed by atoms with E-state index in [0.29, 0.717) is 11.4 Å². The fourth-order valence-electron chi connectivity index (χ4n) is 2.15. The van der Waals surface area contributed by atoms with Gasteiger partial charge in [0, 0.05) is 12.2 Å². The Bertz CT molecular complexity index is 556. The molecule has 1 atom stereocenters. The van der Waals surface area contributed by atoms with Crippen molar-refractivity contribution < 1.29 is 9.53 Å². The first-order valence-electron chi connectivity index (χ1n) is 5.72. The second kappa shape index (κ2) is 5.59. The zero-order valence-corrected chi connectivity index (χ0v) is 11.6. The van der Waals surface area contributed by atoms with Crippen molar-refractivity contribution in [1.29, 1.82) is 5.26 Å². The van der Waals surface area contributed by atoms with Crippen LogP contribution < -0.4 is 0 Å². The third kappa shape index (κ3) is 2.31. The van der Waals surface area contributed by atoms with Crippen LogP contribution in [0.2, 0.25) is 0 Å². The van der Waals surface area contributed by atoms with Crippen LogP contribution in [-0.4, -0.2) is 22.1 Å². The number of nitrogens with one attached hydrogen (secondary N) is 1. The minimum Gasteiger partial charge on any atom is -0.465 e. The third-order valence-electron chi connectivity index (χ3n) is 2.85. The van der Waals surface area contributed by atoms with Gasteiger partial charge in [0.15, 0.2) is 10.0 Å². The van der Waals surface area contributed by atoms with Gasteiger partial charge in [0.05, 0.1) is 12.3 Å². The smallest absolute Gasteiger partial charge is 0.326 e. The first kappa shape index (κ1) is 13.2. The Morgan fingerprint density at radius 3 is 3.22 bits per heavy atom. The summed E-state index contributed by atoms with van der Waals surface area (Å²) in [6, 6.07) is 0. The van der Waals surface area contributed by atoms with E-state index >= 15 is 0 Å². The van der Waals surface area contributed by atoms with E-state index in [9.17, 15) is 4.79 Å². The Kier molecular flexibility index (Phi) is 4.09. The van der Waals surface area contributed by atoms with Gasteiger partial charge < -0.3 is 14.3 Å². The Morgan fingerprint density at radius 1 is 1.78 bits per heavy atom. The van der Waals surface area contributed by atoms with Crippen molar-refractivity contribution in [3.8, 4) is 5.40 Å². The number of ether oxygens (including phenoxy) is 1. The molecule has 0 aromatic carbocycles. The SMILES string of the molecule is CCOC(=O)C(SC#N)c1[nH]c(=S)n2c1CCC2. The highest BCUT2D eigenvalue weighted by atomic mass is 32.2. The average Bonchev–Trinajstić information content (AvgIpc) is 2.91. The molecule has 0 saturated carbocycles. The second-order valence-electron chi connectivity index (χ2n) is 3.89. The molecule has 0 fully saturated rings. The maximum Gasteiger partial charge on any atom is 0.326 e. The van der Waals surface area contributed by atoms with E-state index in [0.717, 1.165) is 42.5 Å². The van der Waals surface area contributed by atoms with Gasteiger partial charge in [-0.1, -0.05) is 0 Å². The van der Waals surface area contributed by atoms with Crippen LogP contribution in [0.5, 0.6) is 0 Å². The van der Waals surface area contributed by atoms with Crippen LogP contribution in [0.1, 0.15) is 30.0 Å². The number of nitrogens with zero attached hydrogens (tertiary/aromatic N) is 2. The summed E-state index contributed by atoms with van der Waals surface area (Å²) in [6.07, 6.45) is 1.90. The van der Waals surface area contributed by atoms with Crippen LogP contribution in [0, 0.1) is 15.4 Å². The number of rotatable bonds is 4. The molecule has 1 aromatic heterocycles. The molecule has 0 radical (unpaired) electrons. The molecule has 5 nitrogen and oxygen atoms in total. The maximum absolute atomic E-state index is 11.9. The van der Waals surface area contributed by atoms with E-state index in [1.807, 2.05) is 9.97 Å². The molecule has 7 heteroatoms. The van der Waals surface area contributed by atoms with Crippen molar-refractivity contribution >= 4 is 29.9 Å². The molecular formula is C11H13N3O2S2. The molecule has 2 heterocycles. The number of aromatic amines is 1. The molecule has 96 valence electrons. The van der Waals surface area contributed by atoms with Gasteiger partial charge in [-0.15, -0.1) is 0 Å². The first-order chi connectivity index (χ1) is 8.69. The Balaban J connectivity index is 2.38. The number of thioether (sulfide) groups is 1. The molecular weight excluding hydrogens is 270 g/mol. The van der Waals surface area contributed by atoms with E-state index in [1.54, 1.807) is 6.92 Å². The normalized spacial score (nSPS) is 14.9. The van der Waals surface area contributed by atoms with E-state index in [2.05, 4.69) is 4.98 Å². The first-order valence-corrected chi connectivity index (χ1v) is 7.00. The molecule has 0 bridgehead atoms. The van der Waals surface area contributed by atoms with Crippen molar-refractivity contribution in [2.75, 3.05) is 6.61 Å². The minimum atomic E-state index is -0.633. The molecule has 1 N–H and O–H groups in total. The van der Waals surface area contributed by atoms with E-state index in [1.165, 1.54) is 0 Å². The van der Waals surface area contributed by atoms with Crippen molar-refractivity contribution in [1.82, 2.24) is 9.55 Å². The molecule has 0 spiro atoms. The molecule has 0 saturated heterocycles. The van der Waals surface area contributed by atoms with Crippen molar-refractivity contribution in [2.45, 2.75) is 31.6 Å². The van der Waals surface area contributed by atoms with Crippen LogP contribution in [0.4, 0.5) is 0 Å². The Hall–Kier alpha value is -1.26. The molecule has 18 heavy (non-hydrogen) atoms. The number of hydrogen-bond acceptors (Lipinski definition) is 5. The highest BCUT2D eigenvalue weighted by molar-refractivity contribution is 8.04. The van der Waals surface area contributed by atoms with E-state index < -0.39 is 11.2 Å². The molecule has 1 aliphatic heterocycles. The lowest BCUT2D eigenvalue weighted by Crippen LogP contribution is -2.14. The summed E-state index contributed by atoms with van der Waals surface area (Å²) in [4.78, 5) is 14.9. The number of fused-ring (bicyclic) bond motifs is 1. The van der Waals surface area contributed by atoms with Crippen LogP contribution in [-0.2, 0) is 22.5 Å². The molecule has 0 amide bonds. The summed E-state index contributed by atoms with van der Waals surface area (Å²) in [5.74, 6) is -0.393. The topological polar surface area (TPSA) is 70.8 Å². The van der Waals surface area contributed by atoms with Gasteiger partial charge in [0.2, 0.25) is 0 Å². The number of H-pyrrole nitrogens is 1. The summed E-state index contributed by atoms with van der Waals surface area (Å²) in [5, 5.41) is 10.2. The fraction of sp³-hybridized carbons (Fsp3) is 0.545. The molecule has 1 aromatic rings. The zero-order chi connectivity index (χ0) is 13.1. The standard InChI is InChI=1S/C11H13N3O2S2/c1-2-16-10(15)9(18-6-12)8-7-4-3-5-14(7)11(17)13-8/h9H,2-5H2,1H3,(H,13,17). The summed E-state index contributed by atoms with van der Waals surface area (Å²) in [5.41, 5.74) is 1.75. The summed E-state index contributed by atoms with van der Waals surface area (Å²) >= 11 is 6.11. The van der Waals surface area contributed by atoms with Gasteiger partial charge in [0.1, 0.15) is 5.40 Å². The monoisotopic (exact) mass is 283 g/mol. The number of aromatic nitrogens is 2. The van der Waals surface area contributed by atoms with E-state index in [4.69, 9.17) is 22.2 Å². The van der Waals surface area contributed by atoms with Gasteiger partial charge >= 0.3 is 5.97 Å². The van der Waals surface area contributed by atoms with Crippen LogP contribution in [0.15, 0.2) is 0 Å². The zero-order valence-electron chi connectivity index (χ0n) is 9.93. The summed E-state index contributed by atoms with van der Waals surface area (Å²) in [7, 11) is 0. The predicted molar refractivity (Wildman–Crippen MR) is 70.5 cm³/mol. The lowest BCUT2D eigenvalue weighted by molar-refractivity contribution is -0.142. The van der Waals surface area contributed by atoms with Gasteiger partial charge in [-0.25, -0.2) is 0 Å². The van der Waals surface area contributed by atoms with E-state index in [-0.39, 0.29) is 0 Å². The van der Waals surface area contributed by atoms with Crippen LogP contribution in [0.25, 0.3) is 0 Å². The number of nitriles is 1. The predicted octanol–water partition coefficient (Wildman–Crippen LogP) is 2.31. The highest BCUT2D eigenvalue weighted by Crippen LogP contribution is 2.33. The Labute approximate surface area is 114 Å². The fourth-order valence-corrected chi connectivity index (χ4v) is 3.04. The number of esters is 1. The highest BCUT2D eigenvalue weighted by Gasteiger charge is 2.30. The largest absolute Gasteiger partial charge is 0.465 e.